The number of rotatable bonds is 9. The topological polar surface area (TPSA) is 91.8 Å². The van der Waals surface area contributed by atoms with Crippen molar-refractivity contribution in [2.45, 2.75) is 17.6 Å². The van der Waals surface area contributed by atoms with Gasteiger partial charge in [-0.1, -0.05) is 23.9 Å². The fourth-order valence-corrected chi connectivity index (χ4v) is 3.18. The summed E-state index contributed by atoms with van der Waals surface area (Å²) in [6, 6.07) is 13.6. The van der Waals surface area contributed by atoms with Crippen molar-refractivity contribution in [3.63, 3.8) is 0 Å². The van der Waals surface area contributed by atoms with Crippen molar-refractivity contribution in [3.05, 3.63) is 65.9 Å². The highest BCUT2D eigenvalue weighted by Crippen LogP contribution is 2.28. The summed E-state index contributed by atoms with van der Waals surface area (Å²) in [7, 11) is 0. The van der Waals surface area contributed by atoms with Gasteiger partial charge in [0.05, 0.1) is 5.56 Å². The van der Waals surface area contributed by atoms with Gasteiger partial charge in [-0.05, 0) is 48.9 Å². The lowest BCUT2D eigenvalue weighted by Crippen LogP contribution is -2.29. The van der Waals surface area contributed by atoms with Crippen molar-refractivity contribution in [2.75, 3.05) is 23.7 Å². The number of nitrogens with one attached hydrogen (secondary N) is 3. The van der Waals surface area contributed by atoms with Crippen LogP contribution in [0.2, 0.25) is 0 Å². The number of halogens is 2. The largest absolute Gasteiger partial charge is 0.367 e. The maximum Gasteiger partial charge on any atom is 0.288 e. The van der Waals surface area contributed by atoms with Crippen LogP contribution < -0.4 is 16.0 Å². The van der Waals surface area contributed by atoms with E-state index in [9.17, 15) is 13.6 Å². The molecule has 1 aromatic carbocycles. The second-order valence-corrected chi connectivity index (χ2v) is 7.24. The van der Waals surface area contributed by atoms with Crippen molar-refractivity contribution in [2.24, 2.45) is 0 Å². The number of carbonyl (C=O) groups excluding carboxylic acids is 1. The Morgan fingerprint density at radius 2 is 1.80 bits per heavy atom. The van der Waals surface area contributed by atoms with Crippen LogP contribution in [-0.2, 0) is 0 Å². The molecule has 0 aliphatic rings. The van der Waals surface area contributed by atoms with E-state index >= 15 is 0 Å². The van der Waals surface area contributed by atoms with Crippen LogP contribution in [0, 0.1) is 6.92 Å². The van der Waals surface area contributed by atoms with Crippen LogP contribution in [0.4, 0.5) is 26.2 Å². The number of pyridine rings is 1. The van der Waals surface area contributed by atoms with E-state index in [1.54, 1.807) is 30.5 Å². The minimum Gasteiger partial charge on any atom is -0.367 e. The van der Waals surface area contributed by atoms with E-state index in [0.29, 0.717) is 42.3 Å². The number of aryl methyl sites for hydroxylation is 1. The Bertz CT molecular complexity index is 987. The monoisotopic (exact) mass is 430 g/mol. The zero-order valence-electron chi connectivity index (χ0n) is 16.1. The molecule has 10 heteroatoms. The molecule has 7 nitrogen and oxygen atoms in total. The molecule has 30 heavy (non-hydrogen) atoms. The lowest BCUT2D eigenvalue weighted by Gasteiger charge is -2.10. The minimum atomic E-state index is -2.58. The van der Waals surface area contributed by atoms with Crippen LogP contribution in [-0.4, -0.2) is 39.9 Å². The average Bonchev–Trinajstić information content (AvgIpc) is 2.72. The molecule has 0 aliphatic heterocycles. The Labute approximate surface area is 176 Å². The molecule has 0 atom stereocenters. The van der Waals surface area contributed by atoms with Crippen molar-refractivity contribution in [3.8, 4) is 0 Å². The Balaban J connectivity index is 1.46. The van der Waals surface area contributed by atoms with Gasteiger partial charge in [-0.3, -0.25) is 4.79 Å². The maximum atomic E-state index is 12.6. The zero-order chi connectivity index (χ0) is 21.3. The van der Waals surface area contributed by atoms with Crippen LogP contribution in [0.15, 0.2) is 59.6 Å². The van der Waals surface area contributed by atoms with E-state index in [1.165, 1.54) is 12.1 Å². The normalized spacial score (nSPS) is 10.7. The molecule has 1 amide bonds. The highest BCUT2D eigenvalue weighted by atomic mass is 32.2. The van der Waals surface area contributed by atoms with Crippen molar-refractivity contribution in [1.82, 2.24) is 20.5 Å². The van der Waals surface area contributed by atoms with Gasteiger partial charge in [0, 0.05) is 24.2 Å². The van der Waals surface area contributed by atoms with Gasteiger partial charge in [0.2, 0.25) is 0 Å². The standard InChI is InChI=1S/C20H20F2N6OS/c1-13-8-9-23-18(12-13)26-17-7-6-16(27-28-17)24-10-11-25-19(29)14-4-2-3-5-15(14)30-20(21)22/h2-9,12,20H,10-11H2,1H3,(H,24,27)(H,25,29)(H,23,26,28). The molecule has 0 saturated heterocycles. The third-order valence-electron chi connectivity index (χ3n) is 3.90. The molecule has 0 unspecified atom stereocenters. The molecular formula is C20H20F2N6OS. The molecule has 3 aromatic rings. The van der Waals surface area contributed by atoms with Crippen molar-refractivity contribution < 1.29 is 13.6 Å². The summed E-state index contributed by atoms with van der Waals surface area (Å²) < 4.78 is 25.3. The molecule has 3 rings (SSSR count). The van der Waals surface area contributed by atoms with Crippen molar-refractivity contribution >= 4 is 35.1 Å². The summed E-state index contributed by atoms with van der Waals surface area (Å²) in [6.45, 7) is 2.67. The van der Waals surface area contributed by atoms with E-state index in [1.807, 2.05) is 19.1 Å². The van der Waals surface area contributed by atoms with Gasteiger partial charge in [-0.2, -0.15) is 8.78 Å². The Morgan fingerprint density at radius 3 is 2.53 bits per heavy atom. The summed E-state index contributed by atoms with van der Waals surface area (Å²) in [5.41, 5.74) is 1.30. The maximum absolute atomic E-state index is 12.6. The number of amides is 1. The SMILES string of the molecule is Cc1ccnc(Nc2ccc(NCCNC(=O)c3ccccc3SC(F)F)nn2)c1. The number of benzene rings is 1. The van der Waals surface area contributed by atoms with Crippen LogP contribution in [0.5, 0.6) is 0 Å². The molecule has 0 spiro atoms. The molecule has 2 heterocycles. The number of alkyl halides is 2. The third-order valence-corrected chi connectivity index (χ3v) is 4.69. The number of hydrogen-bond donors (Lipinski definition) is 3. The summed E-state index contributed by atoms with van der Waals surface area (Å²) in [5, 5.41) is 17.0. The van der Waals surface area contributed by atoms with Gasteiger partial charge in [-0.25, -0.2) is 4.98 Å². The third kappa shape index (κ3) is 6.38. The lowest BCUT2D eigenvalue weighted by atomic mass is 10.2. The number of aromatic nitrogens is 3. The number of nitrogens with zero attached hydrogens (tertiary/aromatic N) is 3. The minimum absolute atomic E-state index is 0.225. The summed E-state index contributed by atoms with van der Waals surface area (Å²) in [4.78, 5) is 16.7. The molecule has 0 fully saturated rings. The summed E-state index contributed by atoms with van der Waals surface area (Å²) >= 11 is 0.354. The van der Waals surface area contributed by atoms with Crippen molar-refractivity contribution in [1.29, 1.82) is 0 Å². The van der Waals surface area contributed by atoms with Gasteiger partial charge in [-0.15, -0.1) is 10.2 Å². The number of hydrogen-bond acceptors (Lipinski definition) is 7. The molecule has 2 aromatic heterocycles. The number of anilines is 3. The molecular weight excluding hydrogens is 410 g/mol. The lowest BCUT2D eigenvalue weighted by molar-refractivity contribution is 0.0952. The van der Waals surface area contributed by atoms with E-state index in [2.05, 4.69) is 31.1 Å². The second kappa shape index (κ2) is 10.5. The second-order valence-electron chi connectivity index (χ2n) is 6.20. The number of carbonyl (C=O) groups is 1. The molecule has 3 N–H and O–H groups in total. The molecule has 0 aliphatic carbocycles. The van der Waals surface area contributed by atoms with E-state index in [-0.39, 0.29) is 10.5 Å². The van der Waals surface area contributed by atoms with Gasteiger partial charge >= 0.3 is 0 Å². The van der Waals surface area contributed by atoms with Gasteiger partial charge in [0.25, 0.3) is 11.7 Å². The first-order valence-corrected chi connectivity index (χ1v) is 9.98. The Kier molecular flexibility index (Phi) is 7.50. The van der Waals surface area contributed by atoms with Crippen LogP contribution in [0.3, 0.4) is 0 Å². The zero-order valence-corrected chi connectivity index (χ0v) is 16.9. The van der Waals surface area contributed by atoms with E-state index in [0.717, 1.165) is 5.56 Å². The highest BCUT2D eigenvalue weighted by Gasteiger charge is 2.14. The quantitative estimate of drug-likeness (QED) is 0.348. The first-order chi connectivity index (χ1) is 14.5. The predicted octanol–water partition coefficient (Wildman–Crippen LogP) is 4.08. The van der Waals surface area contributed by atoms with E-state index in [4.69, 9.17) is 0 Å². The first kappa shape index (κ1) is 21.4. The number of thioether (sulfide) groups is 1. The molecule has 0 radical (unpaired) electrons. The van der Waals surface area contributed by atoms with Gasteiger partial charge < -0.3 is 16.0 Å². The average molecular weight is 430 g/mol. The first-order valence-electron chi connectivity index (χ1n) is 9.10. The molecule has 0 saturated carbocycles. The van der Waals surface area contributed by atoms with Gasteiger partial charge in [0.15, 0.2) is 5.82 Å². The highest BCUT2D eigenvalue weighted by molar-refractivity contribution is 7.99. The fraction of sp³-hybridized carbons (Fsp3) is 0.200. The van der Waals surface area contributed by atoms with Gasteiger partial charge in [0.1, 0.15) is 11.6 Å². The van der Waals surface area contributed by atoms with Crippen LogP contribution >= 0.6 is 11.8 Å². The molecule has 0 bridgehead atoms. The Hall–Kier alpha value is -3.27. The predicted molar refractivity (Wildman–Crippen MR) is 113 cm³/mol. The summed E-state index contributed by atoms with van der Waals surface area (Å²) in [5.74, 6) is -1.21. The Morgan fingerprint density at radius 1 is 1.03 bits per heavy atom. The summed E-state index contributed by atoms with van der Waals surface area (Å²) in [6.07, 6.45) is 1.71. The molecule has 156 valence electrons. The fourth-order valence-electron chi connectivity index (χ4n) is 2.54. The van der Waals surface area contributed by atoms with Crippen LogP contribution in [0.1, 0.15) is 15.9 Å². The van der Waals surface area contributed by atoms with E-state index < -0.39 is 11.7 Å². The van der Waals surface area contributed by atoms with Crippen LogP contribution in [0.25, 0.3) is 0 Å². The smallest absolute Gasteiger partial charge is 0.288 e.